The van der Waals surface area contributed by atoms with Gasteiger partial charge in [0, 0.05) is 29.6 Å². The second-order valence-electron chi connectivity index (χ2n) is 9.00. The van der Waals surface area contributed by atoms with Crippen molar-refractivity contribution >= 4 is 0 Å². The van der Waals surface area contributed by atoms with Crippen molar-refractivity contribution in [1.82, 2.24) is 9.88 Å². The van der Waals surface area contributed by atoms with Crippen molar-refractivity contribution in [3.8, 4) is 11.1 Å². The first kappa shape index (κ1) is 22.2. The summed E-state index contributed by atoms with van der Waals surface area (Å²) in [6.07, 6.45) is 4.16. The van der Waals surface area contributed by atoms with Crippen LogP contribution in [0, 0.1) is 17.0 Å². The Morgan fingerprint density at radius 2 is 1.73 bits per heavy atom. The third-order valence-corrected chi connectivity index (χ3v) is 5.41. The van der Waals surface area contributed by atoms with E-state index in [-0.39, 0.29) is 11.5 Å². The Labute approximate surface area is 178 Å². The molecule has 160 valence electrons. The molecule has 0 aliphatic heterocycles. The number of aromatic nitrogens is 1. The highest BCUT2D eigenvalue weighted by Crippen LogP contribution is 2.37. The molecule has 0 saturated heterocycles. The molecule has 0 fully saturated rings. The van der Waals surface area contributed by atoms with Crippen molar-refractivity contribution in [3.05, 3.63) is 83.7 Å². The van der Waals surface area contributed by atoms with E-state index in [2.05, 4.69) is 49.7 Å². The van der Waals surface area contributed by atoms with Crippen molar-refractivity contribution < 1.29 is 8.78 Å². The van der Waals surface area contributed by atoms with E-state index in [9.17, 15) is 8.78 Å². The van der Waals surface area contributed by atoms with E-state index in [0.717, 1.165) is 31.1 Å². The highest BCUT2D eigenvalue weighted by molar-refractivity contribution is 5.65. The molecule has 0 amide bonds. The number of rotatable bonds is 8. The first-order chi connectivity index (χ1) is 14.3. The van der Waals surface area contributed by atoms with Gasteiger partial charge >= 0.3 is 0 Å². The third kappa shape index (κ3) is 5.37. The second kappa shape index (κ2) is 9.57. The van der Waals surface area contributed by atoms with Crippen molar-refractivity contribution in [1.29, 1.82) is 0 Å². The lowest BCUT2D eigenvalue weighted by atomic mass is 9.84. The molecule has 4 heteroatoms. The van der Waals surface area contributed by atoms with Crippen molar-refractivity contribution in [3.63, 3.8) is 0 Å². The van der Waals surface area contributed by atoms with E-state index >= 15 is 0 Å². The van der Waals surface area contributed by atoms with Crippen LogP contribution in [-0.2, 0) is 6.54 Å². The van der Waals surface area contributed by atoms with Crippen LogP contribution < -0.4 is 5.32 Å². The highest BCUT2D eigenvalue weighted by atomic mass is 19.1. The van der Waals surface area contributed by atoms with E-state index in [1.54, 1.807) is 0 Å². The molecule has 0 radical (unpaired) electrons. The number of hydrogen-bond donors (Lipinski definition) is 1. The molecule has 1 heterocycles. The molecule has 0 spiro atoms. The van der Waals surface area contributed by atoms with Crippen molar-refractivity contribution in [2.24, 2.45) is 5.41 Å². The predicted molar refractivity (Wildman–Crippen MR) is 120 cm³/mol. The SMILES string of the molecule is CCCCN[C@@H](c1cc(-c2cc(F)ccc2F)cn1Cc1ccccc1)C(C)(C)C. The van der Waals surface area contributed by atoms with Crippen molar-refractivity contribution in [2.45, 2.75) is 53.1 Å². The van der Waals surface area contributed by atoms with Gasteiger partial charge in [0.05, 0.1) is 6.04 Å². The molecule has 3 rings (SSSR count). The fraction of sp³-hybridized carbons (Fsp3) is 0.385. The standard InChI is InChI=1S/C26H32F2N2/c1-5-6-14-29-25(26(2,3)4)24-15-20(22-16-21(27)12-13-23(22)28)18-30(24)17-19-10-8-7-9-11-19/h7-13,15-16,18,25,29H,5-6,14,17H2,1-4H3/t25-/m0/s1. The Hall–Kier alpha value is -2.46. The summed E-state index contributed by atoms with van der Waals surface area (Å²) >= 11 is 0. The normalized spacial score (nSPS) is 12.9. The van der Waals surface area contributed by atoms with Gasteiger partial charge in [-0.2, -0.15) is 0 Å². The quantitative estimate of drug-likeness (QED) is 0.397. The zero-order chi connectivity index (χ0) is 21.7. The van der Waals surface area contributed by atoms with E-state index in [1.807, 2.05) is 30.5 Å². The number of unbranched alkanes of at least 4 members (excludes halogenated alkanes) is 1. The van der Waals surface area contributed by atoms with Crippen LogP contribution in [0.25, 0.3) is 11.1 Å². The number of nitrogens with one attached hydrogen (secondary N) is 1. The van der Waals surface area contributed by atoms with Crippen LogP contribution in [0.3, 0.4) is 0 Å². The first-order valence-corrected chi connectivity index (χ1v) is 10.7. The molecule has 2 nitrogen and oxygen atoms in total. The van der Waals surface area contributed by atoms with Crippen LogP contribution in [-0.4, -0.2) is 11.1 Å². The summed E-state index contributed by atoms with van der Waals surface area (Å²) in [5.74, 6) is -0.844. The van der Waals surface area contributed by atoms with E-state index in [4.69, 9.17) is 0 Å². The summed E-state index contributed by atoms with van der Waals surface area (Å²) in [5.41, 5.74) is 3.20. The van der Waals surface area contributed by atoms with E-state index in [1.165, 1.54) is 17.7 Å². The Morgan fingerprint density at radius 1 is 1.00 bits per heavy atom. The van der Waals surface area contributed by atoms with Gasteiger partial charge in [-0.05, 0) is 48.2 Å². The average Bonchev–Trinajstić information content (AvgIpc) is 3.10. The lowest BCUT2D eigenvalue weighted by Crippen LogP contribution is -2.34. The average molecular weight is 411 g/mol. The molecule has 0 saturated carbocycles. The molecule has 3 aromatic rings. The third-order valence-electron chi connectivity index (χ3n) is 5.41. The van der Waals surface area contributed by atoms with Crippen LogP contribution in [0.1, 0.15) is 57.8 Å². The highest BCUT2D eigenvalue weighted by Gasteiger charge is 2.29. The minimum absolute atomic E-state index is 0.0434. The predicted octanol–water partition coefficient (Wildman–Crippen LogP) is 6.96. The summed E-state index contributed by atoms with van der Waals surface area (Å²) in [5, 5.41) is 3.71. The Balaban J connectivity index is 2.08. The van der Waals surface area contributed by atoms with Gasteiger partial charge in [-0.15, -0.1) is 0 Å². The summed E-state index contributed by atoms with van der Waals surface area (Å²) in [4.78, 5) is 0. The van der Waals surface area contributed by atoms with Crippen LogP contribution in [0.15, 0.2) is 60.8 Å². The molecule has 30 heavy (non-hydrogen) atoms. The molecule has 0 aliphatic carbocycles. The maximum absolute atomic E-state index is 14.5. The summed E-state index contributed by atoms with van der Waals surface area (Å²) in [6.45, 7) is 10.4. The number of nitrogens with zero attached hydrogens (tertiary/aromatic N) is 1. The van der Waals surface area contributed by atoms with Gasteiger partial charge in [-0.25, -0.2) is 8.78 Å². The smallest absolute Gasteiger partial charge is 0.131 e. The summed E-state index contributed by atoms with van der Waals surface area (Å²) in [6, 6.07) is 15.9. The van der Waals surface area contributed by atoms with Gasteiger partial charge in [0.2, 0.25) is 0 Å². The van der Waals surface area contributed by atoms with Crippen LogP contribution >= 0.6 is 0 Å². The molecular formula is C26H32F2N2. The zero-order valence-corrected chi connectivity index (χ0v) is 18.4. The lowest BCUT2D eigenvalue weighted by molar-refractivity contribution is 0.261. The maximum atomic E-state index is 14.5. The topological polar surface area (TPSA) is 17.0 Å². The minimum Gasteiger partial charge on any atom is -0.345 e. The van der Waals surface area contributed by atoms with Gasteiger partial charge in [0.15, 0.2) is 0 Å². The monoisotopic (exact) mass is 410 g/mol. The van der Waals surface area contributed by atoms with Gasteiger partial charge in [0.1, 0.15) is 11.6 Å². The second-order valence-corrected chi connectivity index (χ2v) is 9.00. The first-order valence-electron chi connectivity index (χ1n) is 10.7. The van der Waals surface area contributed by atoms with Gasteiger partial charge in [0.25, 0.3) is 0 Å². The largest absolute Gasteiger partial charge is 0.345 e. The van der Waals surface area contributed by atoms with Crippen LogP contribution in [0.2, 0.25) is 0 Å². The molecule has 1 N–H and O–H groups in total. The number of hydrogen-bond acceptors (Lipinski definition) is 1. The van der Waals surface area contributed by atoms with Gasteiger partial charge < -0.3 is 9.88 Å². The Morgan fingerprint density at radius 3 is 2.40 bits per heavy atom. The molecule has 2 aromatic carbocycles. The molecule has 0 bridgehead atoms. The fourth-order valence-corrected chi connectivity index (χ4v) is 3.83. The van der Waals surface area contributed by atoms with Gasteiger partial charge in [-0.1, -0.05) is 64.4 Å². The fourth-order valence-electron chi connectivity index (χ4n) is 3.83. The number of halogens is 2. The molecule has 1 atom stereocenters. The Kier molecular flexibility index (Phi) is 7.09. The molecule has 0 unspecified atom stereocenters. The number of benzene rings is 2. The summed E-state index contributed by atoms with van der Waals surface area (Å²) in [7, 11) is 0. The molecule has 1 aromatic heterocycles. The van der Waals surface area contributed by atoms with Crippen molar-refractivity contribution in [2.75, 3.05) is 6.54 Å². The van der Waals surface area contributed by atoms with Crippen LogP contribution in [0.4, 0.5) is 8.78 Å². The minimum atomic E-state index is -0.433. The van der Waals surface area contributed by atoms with E-state index in [0.29, 0.717) is 17.7 Å². The molecular weight excluding hydrogens is 378 g/mol. The van der Waals surface area contributed by atoms with Crippen LogP contribution in [0.5, 0.6) is 0 Å². The zero-order valence-electron chi connectivity index (χ0n) is 18.4. The summed E-state index contributed by atoms with van der Waals surface area (Å²) < 4.78 is 30.5. The molecule has 0 aliphatic rings. The Bertz CT molecular complexity index is 955. The van der Waals surface area contributed by atoms with E-state index < -0.39 is 11.6 Å². The maximum Gasteiger partial charge on any atom is 0.131 e. The van der Waals surface area contributed by atoms with Gasteiger partial charge in [-0.3, -0.25) is 0 Å². The lowest BCUT2D eigenvalue weighted by Gasteiger charge is -2.33.